The normalized spacial score (nSPS) is 13.5. The van der Waals surface area contributed by atoms with E-state index in [0.29, 0.717) is 0 Å². The lowest BCUT2D eigenvalue weighted by atomic mass is 9.67. The molecule has 0 amide bonds. The van der Waals surface area contributed by atoms with E-state index < -0.39 is 5.41 Å². The monoisotopic (exact) mass is 610 g/mol. The minimum absolute atomic E-state index is 0.479. The van der Waals surface area contributed by atoms with E-state index in [1.165, 1.54) is 77.8 Å². The minimum atomic E-state index is -0.479. The van der Waals surface area contributed by atoms with Gasteiger partial charge in [0.1, 0.15) is 0 Å². The van der Waals surface area contributed by atoms with Crippen LogP contribution < -0.4 is 4.90 Å². The van der Waals surface area contributed by atoms with Gasteiger partial charge in [-0.3, -0.25) is 4.98 Å². The van der Waals surface area contributed by atoms with Crippen molar-refractivity contribution in [2.24, 2.45) is 0 Å². The summed E-state index contributed by atoms with van der Waals surface area (Å²) in [6, 6.07) is 62.3. The number of fused-ring (bicyclic) bond motifs is 5. The third-order valence-corrected chi connectivity index (χ3v) is 10.4. The average molecular weight is 611 g/mol. The summed E-state index contributed by atoms with van der Waals surface area (Å²) < 4.78 is 0. The molecule has 2 heterocycles. The van der Waals surface area contributed by atoms with Gasteiger partial charge in [-0.2, -0.15) is 0 Å². The van der Waals surface area contributed by atoms with Gasteiger partial charge in [0.25, 0.3) is 0 Å². The maximum absolute atomic E-state index is 4.60. The first-order valence-corrected chi connectivity index (χ1v) is 16.6. The molecular weight excluding hydrogens is 581 g/mol. The summed E-state index contributed by atoms with van der Waals surface area (Å²) in [7, 11) is 0. The second-order valence-corrected chi connectivity index (χ2v) is 12.7. The second-order valence-electron chi connectivity index (χ2n) is 12.7. The summed E-state index contributed by atoms with van der Waals surface area (Å²) >= 11 is 0. The van der Waals surface area contributed by atoms with Crippen molar-refractivity contribution in [3.8, 4) is 33.4 Å². The van der Waals surface area contributed by atoms with Gasteiger partial charge in [0.05, 0.1) is 28.7 Å². The first kappa shape index (κ1) is 26.9. The van der Waals surface area contributed by atoms with Crippen LogP contribution in [0.4, 0.5) is 17.1 Å². The first-order chi connectivity index (χ1) is 23.8. The van der Waals surface area contributed by atoms with E-state index in [2.05, 4.69) is 174 Å². The molecule has 0 saturated carbocycles. The SMILES string of the molecule is c1ccc(-c2ccc3c4c(cccc24)-c2cc4c(cc2N3c2cccnc2)C(c2ccccc2)(c2ccccc2)c2ccccc2-4)cc1. The maximum atomic E-state index is 4.60. The van der Waals surface area contributed by atoms with Gasteiger partial charge in [-0.05, 0) is 85.8 Å². The van der Waals surface area contributed by atoms with E-state index in [1.807, 2.05) is 18.5 Å². The van der Waals surface area contributed by atoms with Crippen LogP contribution in [0.5, 0.6) is 0 Å². The minimum Gasteiger partial charge on any atom is -0.308 e. The number of anilines is 3. The van der Waals surface area contributed by atoms with Gasteiger partial charge in [0.15, 0.2) is 0 Å². The van der Waals surface area contributed by atoms with Gasteiger partial charge < -0.3 is 4.90 Å². The van der Waals surface area contributed by atoms with Crippen molar-refractivity contribution in [2.45, 2.75) is 5.41 Å². The predicted octanol–water partition coefficient (Wildman–Crippen LogP) is 11.7. The zero-order chi connectivity index (χ0) is 31.7. The molecule has 2 nitrogen and oxygen atoms in total. The zero-order valence-electron chi connectivity index (χ0n) is 26.2. The summed E-state index contributed by atoms with van der Waals surface area (Å²) in [6.45, 7) is 0. The molecule has 0 spiro atoms. The van der Waals surface area contributed by atoms with E-state index in [-0.39, 0.29) is 0 Å². The molecule has 10 rings (SSSR count). The molecule has 0 atom stereocenters. The van der Waals surface area contributed by atoms with E-state index >= 15 is 0 Å². The summed E-state index contributed by atoms with van der Waals surface area (Å²) in [5, 5.41) is 2.51. The van der Waals surface area contributed by atoms with Crippen molar-refractivity contribution in [2.75, 3.05) is 4.90 Å². The van der Waals surface area contributed by atoms with Crippen LogP contribution in [0.15, 0.2) is 182 Å². The van der Waals surface area contributed by atoms with Crippen LogP contribution in [0, 0.1) is 0 Å². The number of hydrogen-bond donors (Lipinski definition) is 0. The molecule has 0 radical (unpaired) electrons. The molecule has 1 aliphatic heterocycles. The van der Waals surface area contributed by atoms with Crippen molar-refractivity contribution < 1.29 is 0 Å². The van der Waals surface area contributed by atoms with E-state index in [0.717, 1.165) is 5.69 Å². The lowest BCUT2D eigenvalue weighted by Gasteiger charge is -2.37. The Bertz CT molecular complexity index is 2450. The van der Waals surface area contributed by atoms with Gasteiger partial charge in [-0.25, -0.2) is 0 Å². The van der Waals surface area contributed by atoms with Gasteiger partial charge in [0.2, 0.25) is 0 Å². The quantitative estimate of drug-likeness (QED) is 0.197. The Kier molecular flexibility index (Phi) is 5.82. The lowest BCUT2D eigenvalue weighted by molar-refractivity contribution is 0.768. The fraction of sp³-hybridized carbons (Fsp3) is 0.0217. The Morgan fingerprint density at radius 1 is 0.438 bits per heavy atom. The number of nitrogens with zero attached hydrogens (tertiary/aromatic N) is 2. The van der Waals surface area contributed by atoms with Gasteiger partial charge in [-0.1, -0.05) is 140 Å². The Morgan fingerprint density at radius 2 is 1.12 bits per heavy atom. The number of pyridine rings is 1. The number of aromatic nitrogens is 1. The highest BCUT2D eigenvalue weighted by molar-refractivity contribution is 6.18. The molecular formula is C46H30N2. The first-order valence-electron chi connectivity index (χ1n) is 16.6. The van der Waals surface area contributed by atoms with Gasteiger partial charge in [0, 0.05) is 17.1 Å². The topological polar surface area (TPSA) is 16.1 Å². The molecule has 2 heteroatoms. The van der Waals surface area contributed by atoms with Crippen molar-refractivity contribution in [1.29, 1.82) is 0 Å². The molecule has 1 aliphatic carbocycles. The van der Waals surface area contributed by atoms with E-state index in [9.17, 15) is 0 Å². The molecule has 0 bridgehead atoms. The molecule has 48 heavy (non-hydrogen) atoms. The highest BCUT2D eigenvalue weighted by atomic mass is 15.2. The maximum Gasteiger partial charge on any atom is 0.0714 e. The molecule has 7 aromatic carbocycles. The van der Waals surface area contributed by atoms with E-state index in [4.69, 9.17) is 0 Å². The second kappa shape index (κ2) is 10.4. The fourth-order valence-corrected chi connectivity index (χ4v) is 8.44. The van der Waals surface area contributed by atoms with Crippen LogP contribution in [0.25, 0.3) is 44.2 Å². The Labute approximate surface area is 280 Å². The van der Waals surface area contributed by atoms with Crippen molar-refractivity contribution in [1.82, 2.24) is 4.98 Å². The standard InChI is InChI=1S/C46H30N2/c1-4-14-31(15-5-1)35-25-26-43-45-37(35)22-12-23-38(45)40-28-39-36-21-10-11-24-41(36)46(32-16-6-2-7-17-32,33-18-8-3-9-19-33)42(39)29-44(40)48(43)34-20-13-27-47-30-34/h1-30H. The third-order valence-electron chi connectivity index (χ3n) is 10.4. The molecule has 0 unspecified atom stereocenters. The van der Waals surface area contributed by atoms with Crippen LogP contribution in [-0.2, 0) is 5.41 Å². The molecule has 8 aromatic rings. The summed E-state index contributed by atoms with van der Waals surface area (Å²) in [4.78, 5) is 7.03. The van der Waals surface area contributed by atoms with E-state index in [1.54, 1.807) is 0 Å². The smallest absolute Gasteiger partial charge is 0.0714 e. The highest BCUT2D eigenvalue weighted by Gasteiger charge is 2.47. The predicted molar refractivity (Wildman–Crippen MR) is 198 cm³/mol. The summed E-state index contributed by atoms with van der Waals surface area (Å²) in [5.41, 5.74) is 15.6. The molecule has 1 aromatic heterocycles. The molecule has 0 fully saturated rings. The van der Waals surface area contributed by atoms with Crippen molar-refractivity contribution in [3.05, 3.63) is 205 Å². The molecule has 0 N–H and O–H groups in total. The van der Waals surface area contributed by atoms with Crippen LogP contribution in [0.1, 0.15) is 22.3 Å². The van der Waals surface area contributed by atoms with Crippen molar-refractivity contribution >= 4 is 27.8 Å². The van der Waals surface area contributed by atoms with Crippen molar-refractivity contribution in [3.63, 3.8) is 0 Å². The Morgan fingerprint density at radius 3 is 1.85 bits per heavy atom. The van der Waals surface area contributed by atoms with Gasteiger partial charge >= 0.3 is 0 Å². The number of benzene rings is 7. The Hall–Kier alpha value is -6.25. The van der Waals surface area contributed by atoms with Crippen LogP contribution in [0.2, 0.25) is 0 Å². The largest absolute Gasteiger partial charge is 0.308 e. The average Bonchev–Trinajstić information content (AvgIpc) is 3.46. The third kappa shape index (κ3) is 3.66. The Balaban J connectivity index is 1.35. The van der Waals surface area contributed by atoms with Crippen LogP contribution in [0.3, 0.4) is 0 Å². The summed E-state index contributed by atoms with van der Waals surface area (Å²) in [5.74, 6) is 0. The zero-order valence-corrected chi connectivity index (χ0v) is 26.2. The lowest BCUT2D eigenvalue weighted by Crippen LogP contribution is -2.29. The van der Waals surface area contributed by atoms with Crippen LogP contribution in [-0.4, -0.2) is 4.98 Å². The molecule has 224 valence electrons. The summed E-state index contributed by atoms with van der Waals surface area (Å²) in [6.07, 6.45) is 3.84. The molecule has 0 saturated heterocycles. The van der Waals surface area contributed by atoms with Gasteiger partial charge in [-0.15, -0.1) is 0 Å². The number of rotatable bonds is 4. The number of hydrogen-bond acceptors (Lipinski definition) is 2. The molecule has 2 aliphatic rings. The fourth-order valence-electron chi connectivity index (χ4n) is 8.44. The highest BCUT2D eigenvalue weighted by Crippen LogP contribution is 2.60. The van der Waals surface area contributed by atoms with Crippen LogP contribution >= 0.6 is 0 Å².